The number of benzene rings is 2. The van der Waals surface area contributed by atoms with Gasteiger partial charge < -0.3 is 20.7 Å². The molecular weight excluding hydrogens is 322 g/mol. The van der Waals surface area contributed by atoms with E-state index in [1.807, 2.05) is 0 Å². The summed E-state index contributed by atoms with van der Waals surface area (Å²) in [6, 6.07) is 13.5. The third-order valence-corrected chi connectivity index (χ3v) is 3.24. The topological polar surface area (TPSA) is 96.5 Å². The number of rotatable bonds is 6. The zero-order valence-electron chi connectivity index (χ0n) is 14.0. The van der Waals surface area contributed by atoms with Crippen LogP contribution < -0.4 is 20.7 Å². The van der Waals surface area contributed by atoms with Crippen LogP contribution in [0, 0.1) is 0 Å². The Morgan fingerprint density at radius 2 is 1.72 bits per heavy atom. The van der Waals surface area contributed by atoms with E-state index in [0.29, 0.717) is 22.7 Å². The van der Waals surface area contributed by atoms with Gasteiger partial charge in [0.25, 0.3) is 5.91 Å². The van der Waals surface area contributed by atoms with Crippen LogP contribution in [0.15, 0.2) is 48.5 Å². The standard InChI is InChI=1S/C18H19N3O4/c1-12(22)20-14-8-9-16(25-2)15(10-14)21-17(23)11-19-18(24)13-6-4-3-5-7-13/h3-10H,11H2,1-2H3,(H,19,24)(H,20,22)(H,21,23). The largest absolute Gasteiger partial charge is 0.495 e. The third kappa shape index (κ3) is 5.35. The van der Waals surface area contributed by atoms with Crippen molar-refractivity contribution in [3.63, 3.8) is 0 Å². The molecule has 0 bridgehead atoms. The summed E-state index contributed by atoms with van der Waals surface area (Å²) in [5, 5.41) is 7.82. The summed E-state index contributed by atoms with van der Waals surface area (Å²) in [5.74, 6) is -0.535. The lowest BCUT2D eigenvalue weighted by Crippen LogP contribution is -2.32. The highest BCUT2D eigenvalue weighted by molar-refractivity contribution is 6.00. The number of ether oxygens (including phenoxy) is 1. The number of nitrogens with one attached hydrogen (secondary N) is 3. The number of carbonyl (C=O) groups excluding carboxylic acids is 3. The molecule has 2 aromatic carbocycles. The number of methoxy groups -OCH3 is 1. The number of hydrogen-bond acceptors (Lipinski definition) is 4. The van der Waals surface area contributed by atoms with Gasteiger partial charge in [-0.2, -0.15) is 0 Å². The zero-order valence-corrected chi connectivity index (χ0v) is 14.0. The van der Waals surface area contributed by atoms with E-state index in [4.69, 9.17) is 4.74 Å². The van der Waals surface area contributed by atoms with Gasteiger partial charge in [0.2, 0.25) is 11.8 Å². The fourth-order valence-electron chi connectivity index (χ4n) is 2.13. The van der Waals surface area contributed by atoms with Crippen molar-refractivity contribution in [2.24, 2.45) is 0 Å². The van der Waals surface area contributed by atoms with Gasteiger partial charge in [-0.3, -0.25) is 14.4 Å². The molecule has 25 heavy (non-hydrogen) atoms. The van der Waals surface area contributed by atoms with Crippen LogP contribution in [0.5, 0.6) is 5.75 Å². The molecule has 0 unspecified atom stereocenters. The Kier molecular flexibility index (Phi) is 6.11. The molecule has 2 aromatic rings. The number of hydrogen-bond donors (Lipinski definition) is 3. The highest BCUT2D eigenvalue weighted by atomic mass is 16.5. The van der Waals surface area contributed by atoms with Crippen molar-refractivity contribution in [1.82, 2.24) is 5.32 Å². The van der Waals surface area contributed by atoms with Crippen LogP contribution in [0.3, 0.4) is 0 Å². The first-order valence-electron chi connectivity index (χ1n) is 7.58. The molecule has 0 atom stereocenters. The Morgan fingerprint density at radius 3 is 2.36 bits per heavy atom. The predicted molar refractivity (Wildman–Crippen MR) is 94.7 cm³/mol. The van der Waals surface area contributed by atoms with Crippen LogP contribution in [0.1, 0.15) is 17.3 Å². The second-order valence-electron chi connectivity index (χ2n) is 5.19. The van der Waals surface area contributed by atoms with E-state index in [-0.39, 0.29) is 18.4 Å². The molecule has 7 nitrogen and oxygen atoms in total. The monoisotopic (exact) mass is 341 g/mol. The number of amides is 3. The van der Waals surface area contributed by atoms with Crippen LogP contribution in [0.2, 0.25) is 0 Å². The fourth-order valence-corrected chi connectivity index (χ4v) is 2.13. The minimum atomic E-state index is -0.414. The Labute approximate surface area is 145 Å². The molecule has 0 aliphatic heterocycles. The molecule has 0 saturated carbocycles. The van der Waals surface area contributed by atoms with Gasteiger partial charge in [-0.05, 0) is 30.3 Å². The summed E-state index contributed by atoms with van der Waals surface area (Å²) in [7, 11) is 1.47. The third-order valence-electron chi connectivity index (χ3n) is 3.24. The molecule has 0 saturated heterocycles. The van der Waals surface area contributed by atoms with E-state index in [1.54, 1.807) is 48.5 Å². The summed E-state index contributed by atoms with van der Waals surface area (Å²) < 4.78 is 5.19. The zero-order chi connectivity index (χ0) is 18.2. The van der Waals surface area contributed by atoms with Crippen molar-refractivity contribution in [2.75, 3.05) is 24.3 Å². The Hall–Kier alpha value is -3.35. The molecule has 130 valence electrons. The minimum Gasteiger partial charge on any atom is -0.495 e. The average molecular weight is 341 g/mol. The van der Waals surface area contributed by atoms with Crippen molar-refractivity contribution in [1.29, 1.82) is 0 Å². The van der Waals surface area contributed by atoms with Gasteiger partial charge in [0, 0.05) is 18.2 Å². The summed E-state index contributed by atoms with van der Waals surface area (Å²) in [4.78, 5) is 35.2. The molecule has 7 heteroatoms. The SMILES string of the molecule is COc1ccc(NC(C)=O)cc1NC(=O)CNC(=O)c1ccccc1. The molecule has 0 spiro atoms. The Balaban J connectivity index is 1.99. The predicted octanol–water partition coefficient (Wildman–Crippen LogP) is 2.02. The van der Waals surface area contributed by atoms with Gasteiger partial charge in [-0.1, -0.05) is 18.2 Å². The summed E-state index contributed by atoms with van der Waals surface area (Å²) >= 11 is 0. The highest BCUT2D eigenvalue weighted by Gasteiger charge is 2.11. The maximum Gasteiger partial charge on any atom is 0.251 e. The molecule has 0 fully saturated rings. The van der Waals surface area contributed by atoms with Crippen LogP contribution in [0.25, 0.3) is 0 Å². The van der Waals surface area contributed by atoms with Gasteiger partial charge in [-0.15, -0.1) is 0 Å². The first-order valence-corrected chi connectivity index (χ1v) is 7.58. The second kappa shape index (κ2) is 8.49. The van der Waals surface area contributed by atoms with Crippen molar-refractivity contribution in [3.8, 4) is 5.75 Å². The van der Waals surface area contributed by atoms with Crippen molar-refractivity contribution in [3.05, 3.63) is 54.1 Å². The summed E-state index contributed by atoms with van der Waals surface area (Å²) in [6.45, 7) is 1.20. The van der Waals surface area contributed by atoms with Crippen molar-refractivity contribution >= 4 is 29.1 Å². The highest BCUT2D eigenvalue weighted by Crippen LogP contribution is 2.27. The van der Waals surface area contributed by atoms with Gasteiger partial charge in [0.15, 0.2) is 0 Å². The first-order chi connectivity index (χ1) is 12.0. The van der Waals surface area contributed by atoms with Gasteiger partial charge in [0.05, 0.1) is 19.3 Å². The molecule has 0 aliphatic carbocycles. The Bertz CT molecular complexity index is 775. The maximum absolute atomic E-state index is 12.1. The lowest BCUT2D eigenvalue weighted by Gasteiger charge is -2.12. The van der Waals surface area contributed by atoms with Gasteiger partial charge in [-0.25, -0.2) is 0 Å². The van der Waals surface area contributed by atoms with E-state index in [0.717, 1.165) is 0 Å². The van der Waals surface area contributed by atoms with Crippen LogP contribution in [-0.2, 0) is 9.59 Å². The molecule has 0 aromatic heterocycles. The van der Waals surface area contributed by atoms with Crippen molar-refractivity contribution < 1.29 is 19.1 Å². The molecule has 0 heterocycles. The average Bonchev–Trinajstić information content (AvgIpc) is 2.60. The molecular formula is C18H19N3O4. The summed E-state index contributed by atoms with van der Waals surface area (Å²) in [6.07, 6.45) is 0. The van der Waals surface area contributed by atoms with Gasteiger partial charge >= 0.3 is 0 Å². The van der Waals surface area contributed by atoms with Crippen molar-refractivity contribution in [2.45, 2.75) is 6.92 Å². The number of carbonyl (C=O) groups is 3. The molecule has 3 N–H and O–H groups in total. The molecule has 3 amide bonds. The smallest absolute Gasteiger partial charge is 0.251 e. The lowest BCUT2D eigenvalue weighted by molar-refractivity contribution is -0.115. The quantitative estimate of drug-likeness (QED) is 0.749. The normalized spacial score (nSPS) is 9.84. The lowest BCUT2D eigenvalue weighted by atomic mass is 10.2. The first kappa shape index (κ1) is 18.0. The molecule has 2 rings (SSSR count). The number of anilines is 2. The van der Waals surface area contributed by atoms with Crippen LogP contribution in [-0.4, -0.2) is 31.4 Å². The molecule has 0 aliphatic rings. The Morgan fingerprint density at radius 1 is 1.00 bits per heavy atom. The van der Waals surface area contributed by atoms with E-state index in [9.17, 15) is 14.4 Å². The fraction of sp³-hybridized carbons (Fsp3) is 0.167. The van der Waals surface area contributed by atoms with Crippen LogP contribution >= 0.6 is 0 Å². The maximum atomic E-state index is 12.1. The summed E-state index contributed by atoms with van der Waals surface area (Å²) in [5.41, 5.74) is 1.39. The van der Waals surface area contributed by atoms with E-state index in [1.165, 1.54) is 14.0 Å². The van der Waals surface area contributed by atoms with Crippen LogP contribution in [0.4, 0.5) is 11.4 Å². The van der Waals surface area contributed by atoms with E-state index >= 15 is 0 Å². The molecule has 0 radical (unpaired) electrons. The minimum absolute atomic E-state index is 0.193. The van der Waals surface area contributed by atoms with E-state index in [2.05, 4.69) is 16.0 Å². The second-order valence-corrected chi connectivity index (χ2v) is 5.19. The van der Waals surface area contributed by atoms with Gasteiger partial charge in [0.1, 0.15) is 5.75 Å². The van der Waals surface area contributed by atoms with E-state index < -0.39 is 5.91 Å².